The lowest BCUT2D eigenvalue weighted by Gasteiger charge is -2.38. The van der Waals surface area contributed by atoms with Crippen molar-refractivity contribution in [2.24, 2.45) is 11.7 Å². The lowest BCUT2D eigenvalue weighted by molar-refractivity contribution is -0.0398. The monoisotopic (exact) mass is 308 g/mol. The molecule has 2 fully saturated rings. The molecule has 2 aliphatic rings. The molecular weight excluding hydrogens is 284 g/mol. The minimum atomic E-state index is -0.681. The van der Waals surface area contributed by atoms with Crippen LogP contribution in [0.5, 0.6) is 0 Å². The number of nitrogens with zero attached hydrogens (tertiary/aromatic N) is 3. The van der Waals surface area contributed by atoms with E-state index >= 15 is 0 Å². The fourth-order valence-electron chi connectivity index (χ4n) is 3.60. The molecule has 0 unspecified atom stereocenters. The van der Waals surface area contributed by atoms with Gasteiger partial charge in [0.2, 0.25) is 5.89 Å². The van der Waals surface area contributed by atoms with E-state index in [2.05, 4.69) is 22.0 Å². The molecule has 0 spiro atoms. The third-order valence-corrected chi connectivity index (χ3v) is 5.01. The normalized spacial score (nSPS) is 33.2. The number of likely N-dealkylation sites (tertiary alicyclic amines) is 1. The van der Waals surface area contributed by atoms with E-state index in [1.165, 1.54) is 0 Å². The van der Waals surface area contributed by atoms with E-state index in [4.69, 9.17) is 10.3 Å². The molecule has 7 nitrogen and oxygen atoms in total. The van der Waals surface area contributed by atoms with Crippen molar-refractivity contribution in [1.82, 2.24) is 15.0 Å². The van der Waals surface area contributed by atoms with Gasteiger partial charge in [-0.05, 0) is 51.0 Å². The number of primary amides is 1. The summed E-state index contributed by atoms with van der Waals surface area (Å²) in [5.41, 5.74) is 4.54. The van der Waals surface area contributed by atoms with Gasteiger partial charge in [-0.3, -0.25) is 9.69 Å². The summed E-state index contributed by atoms with van der Waals surface area (Å²) in [6, 6.07) is -0.0241. The van der Waals surface area contributed by atoms with Crippen LogP contribution in [-0.2, 0) is 0 Å². The second kappa shape index (κ2) is 5.96. The summed E-state index contributed by atoms with van der Waals surface area (Å²) in [5, 5.41) is 14.4. The zero-order valence-electron chi connectivity index (χ0n) is 13.0. The third-order valence-electron chi connectivity index (χ3n) is 5.01. The van der Waals surface area contributed by atoms with Gasteiger partial charge in [0.15, 0.2) is 0 Å². The third kappa shape index (κ3) is 3.15. The average molecular weight is 308 g/mol. The Morgan fingerprint density at radius 1 is 1.45 bits per heavy atom. The molecule has 2 heterocycles. The maximum Gasteiger partial charge on any atom is 0.290 e. The van der Waals surface area contributed by atoms with Crippen molar-refractivity contribution < 1.29 is 14.4 Å². The molecule has 0 radical (unpaired) electrons. The molecule has 1 saturated carbocycles. The summed E-state index contributed by atoms with van der Waals surface area (Å²) in [6.07, 6.45) is 5.74. The van der Waals surface area contributed by atoms with Gasteiger partial charge in [-0.2, -0.15) is 4.98 Å². The Morgan fingerprint density at radius 3 is 2.82 bits per heavy atom. The van der Waals surface area contributed by atoms with Crippen molar-refractivity contribution >= 4 is 5.91 Å². The van der Waals surface area contributed by atoms with Crippen LogP contribution in [0.1, 0.15) is 68.0 Å². The lowest BCUT2D eigenvalue weighted by atomic mass is 9.79. The molecule has 1 aliphatic heterocycles. The number of rotatable bonds is 4. The summed E-state index contributed by atoms with van der Waals surface area (Å²) in [5.74, 6) is 0.370. The average Bonchev–Trinajstić information content (AvgIpc) is 3.11. The fraction of sp³-hybridized carbons (Fsp3) is 0.800. The molecule has 1 atom stereocenters. The standard InChI is InChI=1S/C15H24N4O3/c1-10-4-6-15(21,7-5-10)9-19-8-2-3-11(19)14-17-13(12(16)20)18-22-14/h10-11,21H,2-9H2,1H3,(H2,16,20)/t10?,11-,15?/m1/s1. The quantitative estimate of drug-likeness (QED) is 0.867. The highest BCUT2D eigenvalue weighted by atomic mass is 16.5. The largest absolute Gasteiger partial charge is 0.389 e. The van der Waals surface area contributed by atoms with E-state index < -0.39 is 11.5 Å². The maximum atomic E-state index is 11.1. The molecular formula is C15H24N4O3. The van der Waals surface area contributed by atoms with Crippen LogP contribution in [0.3, 0.4) is 0 Å². The molecule has 1 amide bonds. The van der Waals surface area contributed by atoms with Gasteiger partial charge < -0.3 is 15.4 Å². The van der Waals surface area contributed by atoms with Gasteiger partial charge in [0.1, 0.15) is 0 Å². The molecule has 122 valence electrons. The molecule has 1 aromatic heterocycles. The number of carbonyl (C=O) groups is 1. The molecule has 22 heavy (non-hydrogen) atoms. The van der Waals surface area contributed by atoms with E-state index in [0.29, 0.717) is 18.4 Å². The van der Waals surface area contributed by atoms with E-state index in [1.807, 2.05) is 0 Å². The number of amides is 1. The predicted octanol–water partition coefficient (Wildman–Crippen LogP) is 1.25. The van der Waals surface area contributed by atoms with E-state index in [1.54, 1.807) is 0 Å². The number of carbonyl (C=O) groups excluding carboxylic acids is 1. The number of aromatic nitrogens is 2. The zero-order valence-corrected chi connectivity index (χ0v) is 13.0. The van der Waals surface area contributed by atoms with Crippen molar-refractivity contribution in [3.8, 4) is 0 Å². The predicted molar refractivity (Wildman–Crippen MR) is 78.9 cm³/mol. The molecule has 1 aliphatic carbocycles. The summed E-state index contributed by atoms with van der Waals surface area (Å²) in [4.78, 5) is 17.4. The number of hydrogen-bond acceptors (Lipinski definition) is 6. The second-order valence-corrected chi connectivity index (χ2v) is 6.86. The van der Waals surface area contributed by atoms with Gasteiger partial charge in [-0.1, -0.05) is 12.1 Å². The Balaban J connectivity index is 1.69. The van der Waals surface area contributed by atoms with Crippen molar-refractivity contribution in [1.29, 1.82) is 0 Å². The Labute approximate surface area is 129 Å². The van der Waals surface area contributed by atoms with Crippen LogP contribution in [0, 0.1) is 5.92 Å². The zero-order chi connectivity index (χ0) is 15.7. The maximum absolute atomic E-state index is 11.1. The summed E-state index contributed by atoms with van der Waals surface area (Å²) in [7, 11) is 0. The van der Waals surface area contributed by atoms with Gasteiger partial charge in [0, 0.05) is 6.54 Å². The fourth-order valence-corrected chi connectivity index (χ4v) is 3.60. The van der Waals surface area contributed by atoms with Crippen LogP contribution >= 0.6 is 0 Å². The first-order chi connectivity index (χ1) is 10.5. The first-order valence-electron chi connectivity index (χ1n) is 8.07. The molecule has 1 aromatic rings. The highest BCUT2D eigenvalue weighted by Crippen LogP contribution is 2.37. The van der Waals surface area contributed by atoms with Gasteiger partial charge in [-0.15, -0.1) is 0 Å². The van der Waals surface area contributed by atoms with Crippen molar-refractivity contribution in [3.05, 3.63) is 11.7 Å². The van der Waals surface area contributed by atoms with Crippen molar-refractivity contribution in [2.45, 2.75) is 57.1 Å². The first-order valence-corrected chi connectivity index (χ1v) is 8.07. The minimum absolute atomic E-state index is 0.0241. The van der Waals surface area contributed by atoms with Gasteiger partial charge in [0.25, 0.3) is 11.7 Å². The number of aliphatic hydroxyl groups is 1. The van der Waals surface area contributed by atoms with Crippen molar-refractivity contribution in [2.75, 3.05) is 13.1 Å². The van der Waals surface area contributed by atoms with Crippen LogP contribution in [-0.4, -0.2) is 44.7 Å². The summed E-state index contributed by atoms with van der Waals surface area (Å²) >= 11 is 0. The van der Waals surface area contributed by atoms with E-state index in [9.17, 15) is 9.90 Å². The molecule has 7 heteroatoms. The molecule has 0 aromatic carbocycles. The second-order valence-electron chi connectivity index (χ2n) is 6.86. The smallest absolute Gasteiger partial charge is 0.290 e. The lowest BCUT2D eigenvalue weighted by Crippen LogP contribution is -2.45. The molecule has 3 rings (SSSR count). The number of nitrogens with two attached hydrogens (primary N) is 1. The summed E-state index contributed by atoms with van der Waals surface area (Å²) < 4.78 is 5.19. The topological polar surface area (TPSA) is 105 Å². The molecule has 3 N–H and O–H groups in total. The van der Waals surface area contributed by atoms with Crippen LogP contribution < -0.4 is 5.73 Å². The Kier molecular flexibility index (Phi) is 4.18. The summed E-state index contributed by atoms with van der Waals surface area (Å²) in [6.45, 7) is 3.76. The van der Waals surface area contributed by atoms with Crippen molar-refractivity contribution in [3.63, 3.8) is 0 Å². The van der Waals surface area contributed by atoms with Crippen LogP contribution in [0.4, 0.5) is 0 Å². The van der Waals surface area contributed by atoms with E-state index in [0.717, 1.165) is 45.1 Å². The number of β-amino-alcohol motifs (C(OH)–C–C–N with tert-alkyl or cyclic N) is 1. The van der Waals surface area contributed by atoms with Crippen LogP contribution in [0.15, 0.2) is 4.52 Å². The highest BCUT2D eigenvalue weighted by Gasteiger charge is 2.39. The minimum Gasteiger partial charge on any atom is -0.389 e. The Bertz CT molecular complexity index is 537. The van der Waals surface area contributed by atoms with Gasteiger partial charge in [0.05, 0.1) is 11.6 Å². The molecule has 0 bridgehead atoms. The van der Waals surface area contributed by atoms with Gasteiger partial charge in [-0.25, -0.2) is 0 Å². The Hall–Kier alpha value is -1.47. The Morgan fingerprint density at radius 2 is 2.18 bits per heavy atom. The highest BCUT2D eigenvalue weighted by molar-refractivity contribution is 5.88. The van der Waals surface area contributed by atoms with Crippen LogP contribution in [0.25, 0.3) is 0 Å². The van der Waals surface area contributed by atoms with Crippen LogP contribution in [0.2, 0.25) is 0 Å². The SMILES string of the molecule is CC1CCC(O)(CN2CCC[C@@H]2c2nc(C(N)=O)no2)CC1. The first kappa shape index (κ1) is 15.4. The number of hydrogen-bond donors (Lipinski definition) is 2. The van der Waals surface area contributed by atoms with Gasteiger partial charge >= 0.3 is 0 Å². The van der Waals surface area contributed by atoms with E-state index in [-0.39, 0.29) is 11.9 Å². The molecule has 1 saturated heterocycles.